The third-order valence-electron chi connectivity index (χ3n) is 15.7. The van der Waals surface area contributed by atoms with Gasteiger partial charge >= 0.3 is 17.9 Å². The van der Waals surface area contributed by atoms with Gasteiger partial charge in [-0.1, -0.05) is 347 Å². The van der Waals surface area contributed by atoms with E-state index in [1.54, 1.807) is 0 Å². The van der Waals surface area contributed by atoms with E-state index in [-0.39, 0.29) is 31.1 Å². The van der Waals surface area contributed by atoms with Crippen molar-refractivity contribution in [2.75, 3.05) is 13.2 Å². The molecule has 0 aliphatic heterocycles. The number of unbranched alkanes of at least 4 members (excludes halogenated alkanes) is 49. The number of hydrogen-bond acceptors (Lipinski definition) is 6. The SMILES string of the molecule is CCC/C=C\C/C=C\CCCCCCCC(=O)OCC(COC(=O)CCCCCCCCCCCCCCCCCCCCCCCCCCCCCCC)OC(=O)CCCCCCCCCCCCCCCCCC. The van der Waals surface area contributed by atoms with Gasteiger partial charge in [0, 0.05) is 19.3 Å². The molecule has 0 aromatic heterocycles. The van der Waals surface area contributed by atoms with Crippen LogP contribution in [-0.2, 0) is 28.6 Å². The topological polar surface area (TPSA) is 78.9 Å². The van der Waals surface area contributed by atoms with Crippen molar-refractivity contribution < 1.29 is 28.6 Å². The minimum atomic E-state index is -0.773. The van der Waals surface area contributed by atoms with Crippen LogP contribution in [0.5, 0.6) is 0 Å². The molecule has 0 saturated heterocycles. The largest absolute Gasteiger partial charge is 0.462 e. The zero-order valence-electron chi connectivity index (χ0n) is 51.6. The highest BCUT2D eigenvalue weighted by Gasteiger charge is 2.19. The van der Waals surface area contributed by atoms with Crippen LogP contribution in [0, 0.1) is 0 Å². The van der Waals surface area contributed by atoms with Gasteiger partial charge in [0.15, 0.2) is 6.10 Å². The summed E-state index contributed by atoms with van der Waals surface area (Å²) in [7, 11) is 0. The zero-order chi connectivity index (χ0) is 55.0. The van der Waals surface area contributed by atoms with E-state index in [0.717, 1.165) is 83.5 Å². The molecule has 6 heteroatoms. The van der Waals surface area contributed by atoms with Crippen LogP contribution in [0.2, 0.25) is 0 Å². The van der Waals surface area contributed by atoms with E-state index in [1.165, 1.54) is 263 Å². The lowest BCUT2D eigenvalue weighted by atomic mass is 10.0. The first-order valence-corrected chi connectivity index (χ1v) is 34.3. The van der Waals surface area contributed by atoms with Gasteiger partial charge in [0.05, 0.1) is 0 Å². The Bertz CT molecular complexity index is 1230. The maximum atomic E-state index is 12.9. The number of rotatable bonds is 64. The summed E-state index contributed by atoms with van der Waals surface area (Å²) < 4.78 is 16.9. The molecule has 1 unspecified atom stereocenters. The van der Waals surface area contributed by atoms with Crippen LogP contribution in [0.4, 0.5) is 0 Å². The molecule has 6 nitrogen and oxygen atoms in total. The van der Waals surface area contributed by atoms with E-state index in [4.69, 9.17) is 14.2 Å². The molecule has 1 atom stereocenters. The van der Waals surface area contributed by atoms with Crippen molar-refractivity contribution in [3.05, 3.63) is 24.3 Å². The Morgan fingerprint density at radius 1 is 0.263 bits per heavy atom. The predicted molar refractivity (Wildman–Crippen MR) is 330 cm³/mol. The maximum Gasteiger partial charge on any atom is 0.306 e. The molecule has 0 rings (SSSR count). The lowest BCUT2D eigenvalue weighted by Gasteiger charge is -2.18. The molecule has 0 aromatic carbocycles. The minimum Gasteiger partial charge on any atom is -0.462 e. The Hall–Kier alpha value is -2.11. The third kappa shape index (κ3) is 62.7. The van der Waals surface area contributed by atoms with Gasteiger partial charge in [-0.3, -0.25) is 14.4 Å². The monoisotopic (exact) mass is 1070 g/mol. The second-order valence-corrected chi connectivity index (χ2v) is 23.5. The lowest BCUT2D eigenvalue weighted by Crippen LogP contribution is -2.30. The first-order valence-electron chi connectivity index (χ1n) is 34.3. The van der Waals surface area contributed by atoms with Crippen molar-refractivity contribution in [3.8, 4) is 0 Å². The van der Waals surface area contributed by atoms with E-state index in [0.29, 0.717) is 19.3 Å². The molecule has 0 fully saturated rings. The van der Waals surface area contributed by atoms with E-state index < -0.39 is 6.10 Å². The molecule has 76 heavy (non-hydrogen) atoms. The van der Waals surface area contributed by atoms with Crippen LogP contribution >= 0.6 is 0 Å². The summed E-state index contributed by atoms with van der Waals surface area (Å²) in [6, 6.07) is 0. The van der Waals surface area contributed by atoms with Gasteiger partial charge < -0.3 is 14.2 Å². The van der Waals surface area contributed by atoms with Crippen molar-refractivity contribution >= 4 is 17.9 Å². The lowest BCUT2D eigenvalue weighted by molar-refractivity contribution is -0.167. The number of esters is 3. The third-order valence-corrected chi connectivity index (χ3v) is 15.7. The molecule has 0 heterocycles. The summed E-state index contributed by atoms with van der Waals surface area (Å²) in [5.41, 5.74) is 0. The Labute approximate surface area is 474 Å². The molecule has 0 spiro atoms. The fraction of sp³-hybridized carbons (Fsp3) is 0.900. The van der Waals surface area contributed by atoms with Crippen LogP contribution in [0.15, 0.2) is 24.3 Å². The molecular formula is C70H132O6. The molecule has 448 valence electrons. The molecule has 0 aliphatic carbocycles. The minimum absolute atomic E-state index is 0.0696. The number of ether oxygens (including phenoxy) is 3. The summed E-state index contributed by atoms with van der Waals surface area (Å²) >= 11 is 0. The molecule has 0 N–H and O–H groups in total. The van der Waals surface area contributed by atoms with Crippen LogP contribution in [0.25, 0.3) is 0 Å². The van der Waals surface area contributed by atoms with E-state index in [9.17, 15) is 14.4 Å². The quantitative estimate of drug-likeness (QED) is 0.0261. The van der Waals surface area contributed by atoms with Gasteiger partial charge in [0.1, 0.15) is 13.2 Å². The van der Waals surface area contributed by atoms with E-state index in [2.05, 4.69) is 45.1 Å². The average Bonchev–Trinajstić information content (AvgIpc) is 3.42. The molecule has 0 bridgehead atoms. The van der Waals surface area contributed by atoms with Gasteiger partial charge in [-0.05, 0) is 44.9 Å². The summed E-state index contributed by atoms with van der Waals surface area (Å²) in [6.45, 7) is 6.64. The molecule has 0 amide bonds. The maximum absolute atomic E-state index is 12.9. The molecule has 0 aromatic rings. The zero-order valence-corrected chi connectivity index (χ0v) is 51.6. The number of hydrogen-bond donors (Lipinski definition) is 0. The number of carbonyl (C=O) groups is 3. The van der Waals surface area contributed by atoms with Gasteiger partial charge in [-0.25, -0.2) is 0 Å². The smallest absolute Gasteiger partial charge is 0.306 e. The summed E-state index contributed by atoms with van der Waals surface area (Å²) in [5, 5.41) is 0. The summed E-state index contributed by atoms with van der Waals surface area (Å²) in [6.07, 6.45) is 79.3. The number of allylic oxidation sites excluding steroid dienone is 4. The highest BCUT2D eigenvalue weighted by molar-refractivity contribution is 5.71. The Morgan fingerprint density at radius 2 is 0.500 bits per heavy atom. The summed E-state index contributed by atoms with van der Waals surface area (Å²) in [5.74, 6) is -0.856. The van der Waals surface area contributed by atoms with Crippen molar-refractivity contribution in [2.45, 2.75) is 393 Å². The summed E-state index contributed by atoms with van der Waals surface area (Å²) in [4.78, 5) is 38.3. The van der Waals surface area contributed by atoms with Crippen molar-refractivity contribution in [2.24, 2.45) is 0 Å². The number of carbonyl (C=O) groups excluding carboxylic acids is 3. The highest BCUT2D eigenvalue weighted by atomic mass is 16.6. The fourth-order valence-electron chi connectivity index (χ4n) is 10.5. The van der Waals surface area contributed by atoms with Gasteiger partial charge in [0.2, 0.25) is 0 Å². The van der Waals surface area contributed by atoms with Gasteiger partial charge in [0.25, 0.3) is 0 Å². The second kappa shape index (κ2) is 65.4. The Balaban J connectivity index is 4.13. The first kappa shape index (κ1) is 73.9. The van der Waals surface area contributed by atoms with E-state index >= 15 is 0 Å². The Kier molecular flexibility index (Phi) is 63.6. The molecule has 0 saturated carbocycles. The van der Waals surface area contributed by atoms with Crippen LogP contribution in [-0.4, -0.2) is 37.2 Å². The highest BCUT2D eigenvalue weighted by Crippen LogP contribution is 2.19. The van der Waals surface area contributed by atoms with Crippen molar-refractivity contribution in [1.29, 1.82) is 0 Å². The second-order valence-electron chi connectivity index (χ2n) is 23.5. The van der Waals surface area contributed by atoms with E-state index in [1.807, 2.05) is 0 Å². The Morgan fingerprint density at radius 3 is 0.776 bits per heavy atom. The fourth-order valence-corrected chi connectivity index (χ4v) is 10.5. The van der Waals surface area contributed by atoms with Gasteiger partial charge in [-0.2, -0.15) is 0 Å². The van der Waals surface area contributed by atoms with Crippen molar-refractivity contribution in [3.63, 3.8) is 0 Å². The predicted octanol–water partition coefficient (Wildman–Crippen LogP) is 23.4. The average molecular weight is 1070 g/mol. The standard InChI is InChI=1S/C70H132O6/c1-4-7-10-13-16-19-22-25-27-29-30-31-32-33-34-35-36-37-38-39-40-41-43-45-48-51-54-57-60-63-69(72)75-66-67(65-74-68(71)62-59-56-53-50-47-44-24-21-18-15-12-9-6-3)76-70(73)64-61-58-55-52-49-46-42-28-26-23-20-17-14-11-8-5-2/h12,15,21,24,67H,4-11,13-14,16-20,22-23,25-66H2,1-3H3/b15-12-,24-21-. The van der Waals surface area contributed by atoms with Crippen LogP contribution in [0.3, 0.4) is 0 Å². The van der Waals surface area contributed by atoms with Crippen LogP contribution < -0.4 is 0 Å². The molecular weight excluding hydrogens is 937 g/mol. The normalized spacial score (nSPS) is 12.1. The van der Waals surface area contributed by atoms with Gasteiger partial charge in [-0.15, -0.1) is 0 Å². The first-order chi connectivity index (χ1) is 37.5. The van der Waals surface area contributed by atoms with Crippen molar-refractivity contribution in [1.82, 2.24) is 0 Å². The molecule has 0 aliphatic rings. The molecule has 0 radical (unpaired) electrons. The van der Waals surface area contributed by atoms with Crippen LogP contribution in [0.1, 0.15) is 387 Å².